The van der Waals surface area contributed by atoms with Crippen LogP contribution >= 0.6 is 11.6 Å². The maximum Gasteiger partial charge on any atom is 0.406 e. The Morgan fingerprint density at radius 1 is 1.29 bits per heavy atom. The first-order valence-electron chi connectivity index (χ1n) is 5.01. The molecule has 1 aromatic heterocycles. The highest BCUT2D eigenvalue weighted by atomic mass is 35.5. The van der Waals surface area contributed by atoms with Crippen LogP contribution < -0.4 is 4.90 Å². The highest BCUT2D eigenvalue weighted by Gasteiger charge is 2.34. The van der Waals surface area contributed by atoms with E-state index in [1.807, 2.05) is 0 Å². The minimum atomic E-state index is -4.33. The molecule has 17 heavy (non-hydrogen) atoms. The van der Waals surface area contributed by atoms with E-state index in [4.69, 9.17) is 16.0 Å². The highest BCUT2D eigenvalue weighted by molar-refractivity contribution is 6.20. The Labute approximate surface area is 102 Å². The lowest BCUT2D eigenvalue weighted by Crippen LogP contribution is -2.39. The molecular formula is C9H13ClF3N3O. The first-order valence-corrected chi connectivity index (χ1v) is 5.45. The van der Waals surface area contributed by atoms with Gasteiger partial charge in [-0.15, -0.1) is 16.7 Å². The van der Waals surface area contributed by atoms with Crippen molar-refractivity contribution in [1.82, 2.24) is 10.2 Å². The van der Waals surface area contributed by atoms with E-state index in [-0.39, 0.29) is 11.9 Å². The predicted octanol–water partition coefficient (Wildman–Crippen LogP) is 3.15. The summed E-state index contributed by atoms with van der Waals surface area (Å²) < 4.78 is 42.2. The summed E-state index contributed by atoms with van der Waals surface area (Å²) in [7, 11) is 0. The molecule has 1 heterocycles. The van der Waals surface area contributed by atoms with Gasteiger partial charge in [0.05, 0.1) is 0 Å². The molecule has 0 aliphatic heterocycles. The van der Waals surface area contributed by atoms with E-state index in [0.717, 1.165) is 4.90 Å². The topological polar surface area (TPSA) is 42.2 Å². The van der Waals surface area contributed by atoms with Crippen molar-refractivity contribution in [2.75, 3.05) is 11.4 Å². The SMILES string of the molecule is CC(Cl)c1nnc(N(CC(F)(F)F)C(C)C)o1. The second-order valence-corrected chi connectivity index (χ2v) is 4.53. The summed E-state index contributed by atoms with van der Waals surface area (Å²) in [4.78, 5) is 0.982. The number of nitrogens with zero attached hydrogens (tertiary/aromatic N) is 3. The maximum absolute atomic E-state index is 12.4. The van der Waals surface area contributed by atoms with Crippen molar-refractivity contribution in [3.63, 3.8) is 0 Å². The largest absolute Gasteiger partial charge is 0.406 e. The van der Waals surface area contributed by atoms with Crippen LogP contribution in [0.2, 0.25) is 0 Å². The molecule has 98 valence electrons. The lowest BCUT2D eigenvalue weighted by Gasteiger charge is -2.25. The monoisotopic (exact) mass is 271 g/mol. The molecule has 0 bridgehead atoms. The minimum Gasteiger partial charge on any atom is -0.406 e. The first kappa shape index (κ1) is 14.1. The van der Waals surface area contributed by atoms with Gasteiger partial charge in [0.15, 0.2) is 0 Å². The molecule has 1 unspecified atom stereocenters. The van der Waals surface area contributed by atoms with Crippen LogP contribution in [0.15, 0.2) is 4.42 Å². The molecule has 1 rings (SSSR count). The van der Waals surface area contributed by atoms with Gasteiger partial charge in [-0.05, 0) is 20.8 Å². The van der Waals surface area contributed by atoms with Crippen molar-refractivity contribution in [3.05, 3.63) is 5.89 Å². The molecule has 1 aromatic rings. The molecular weight excluding hydrogens is 259 g/mol. The van der Waals surface area contributed by atoms with Gasteiger partial charge in [0.25, 0.3) is 0 Å². The summed E-state index contributed by atoms with van der Waals surface area (Å²) in [5.74, 6) is 0.106. The van der Waals surface area contributed by atoms with Crippen molar-refractivity contribution in [1.29, 1.82) is 0 Å². The molecule has 0 spiro atoms. The fraction of sp³-hybridized carbons (Fsp3) is 0.778. The summed E-state index contributed by atoms with van der Waals surface area (Å²) in [6, 6.07) is -0.574. The summed E-state index contributed by atoms with van der Waals surface area (Å²) in [6.45, 7) is 3.69. The normalized spacial score (nSPS) is 14.1. The van der Waals surface area contributed by atoms with E-state index in [1.54, 1.807) is 20.8 Å². The molecule has 0 fully saturated rings. The van der Waals surface area contributed by atoms with Gasteiger partial charge in [-0.2, -0.15) is 13.2 Å². The van der Waals surface area contributed by atoms with Crippen LogP contribution in [0.3, 0.4) is 0 Å². The molecule has 0 aliphatic rings. The van der Waals surface area contributed by atoms with Gasteiger partial charge in [-0.1, -0.05) is 5.10 Å². The Morgan fingerprint density at radius 2 is 1.88 bits per heavy atom. The van der Waals surface area contributed by atoms with Crippen LogP contribution in [0.25, 0.3) is 0 Å². The molecule has 0 radical (unpaired) electrons. The van der Waals surface area contributed by atoms with Crippen molar-refractivity contribution >= 4 is 17.6 Å². The fourth-order valence-corrected chi connectivity index (χ4v) is 1.26. The van der Waals surface area contributed by atoms with E-state index < -0.39 is 24.1 Å². The zero-order chi connectivity index (χ0) is 13.2. The van der Waals surface area contributed by atoms with Crippen LogP contribution in [-0.4, -0.2) is 29.0 Å². The van der Waals surface area contributed by atoms with Gasteiger partial charge in [0.1, 0.15) is 11.9 Å². The summed E-state index contributed by atoms with van der Waals surface area (Å²) in [5, 5.41) is 6.63. The Kier molecular flexibility index (Phi) is 4.24. The molecule has 0 aliphatic carbocycles. The van der Waals surface area contributed by atoms with Crippen molar-refractivity contribution in [2.24, 2.45) is 0 Å². The maximum atomic E-state index is 12.4. The Bertz CT molecular complexity index is 365. The van der Waals surface area contributed by atoms with Crippen molar-refractivity contribution < 1.29 is 17.6 Å². The van der Waals surface area contributed by atoms with E-state index >= 15 is 0 Å². The molecule has 4 nitrogen and oxygen atoms in total. The molecule has 0 N–H and O–H groups in total. The number of hydrogen-bond donors (Lipinski definition) is 0. The Morgan fingerprint density at radius 3 is 2.24 bits per heavy atom. The molecule has 0 saturated carbocycles. The minimum absolute atomic E-state index is 0.106. The lowest BCUT2D eigenvalue weighted by molar-refractivity contribution is -0.121. The summed E-state index contributed by atoms with van der Waals surface area (Å²) >= 11 is 5.70. The van der Waals surface area contributed by atoms with Gasteiger partial charge in [0, 0.05) is 6.04 Å². The first-order chi connectivity index (χ1) is 7.70. The third kappa shape index (κ3) is 4.07. The third-order valence-electron chi connectivity index (χ3n) is 1.99. The van der Waals surface area contributed by atoms with Crippen LogP contribution in [0.4, 0.5) is 19.2 Å². The van der Waals surface area contributed by atoms with Gasteiger partial charge in [-0.3, -0.25) is 0 Å². The Balaban J connectivity index is 2.90. The van der Waals surface area contributed by atoms with Crippen molar-refractivity contribution in [3.8, 4) is 0 Å². The molecule has 8 heteroatoms. The van der Waals surface area contributed by atoms with E-state index in [0.29, 0.717) is 0 Å². The number of alkyl halides is 4. The van der Waals surface area contributed by atoms with Crippen LogP contribution in [0.1, 0.15) is 32.0 Å². The zero-order valence-corrected chi connectivity index (χ0v) is 10.4. The van der Waals surface area contributed by atoms with Crippen LogP contribution in [0.5, 0.6) is 0 Å². The standard InChI is InChI=1S/C9H13ClF3N3O/c1-5(2)16(4-9(11,12)13)8-15-14-7(17-8)6(3)10/h5-6H,4H2,1-3H3. The predicted molar refractivity (Wildman–Crippen MR) is 57.1 cm³/mol. The molecule has 0 aromatic carbocycles. The molecule has 1 atom stereocenters. The molecule has 0 amide bonds. The number of halogens is 4. The van der Waals surface area contributed by atoms with Gasteiger partial charge in [0.2, 0.25) is 5.89 Å². The zero-order valence-electron chi connectivity index (χ0n) is 9.62. The number of rotatable bonds is 4. The smallest absolute Gasteiger partial charge is 0.406 e. The number of anilines is 1. The van der Waals surface area contributed by atoms with E-state index in [1.165, 1.54) is 0 Å². The number of aromatic nitrogens is 2. The van der Waals surface area contributed by atoms with E-state index in [2.05, 4.69) is 10.2 Å². The fourth-order valence-electron chi connectivity index (χ4n) is 1.17. The number of hydrogen-bond acceptors (Lipinski definition) is 4. The highest BCUT2D eigenvalue weighted by Crippen LogP contribution is 2.26. The second-order valence-electron chi connectivity index (χ2n) is 3.88. The third-order valence-corrected chi connectivity index (χ3v) is 2.18. The second kappa shape index (κ2) is 5.12. The average molecular weight is 272 g/mol. The van der Waals surface area contributed by atoms with Crippen LogP contribution in [0, 0.1) is 0 Å². The summed E-state index contributed by atoms with van der Waals surface area (Å²) in [5.41, 5.74) is 0. The van der Waals surface area contributed by atoms with Gasteiger partial charge >= 0.3 is 12.2 Å². The molecule has 0 saturated heterocycles. The average Bonchev–Trinajstić information content (AvgIpc) is 2.60. The van der Waals surface area contributed by atoms with E-state index in [9.17, 15) is 13.2 Å². The van der Waals surface area contributed by atoms with Gasteiger partial charge < -0.3 is 9.32 Å². The Hall–Kier alpha value is -0.980. The quantitative estimate of drug-likeness (QED) is 0.789. The lowest BCUT2D eigenvalue weighted by atomic mass is 10.3. The van der Waals surface area contributed by atoms with Crippen molar-refractivity contribution in [2.45, 2.75) is 38.4 Å². The summed E-state index contributed by atoms with van der Waals surface area (Å²) in [6.07, 6.45) is -4.33. The van der Waals surface area contributed by atoms with Crippen LogP contribution in [-0.2, 0) is 0 Å². The van der Waals surface area contributed by atoms with Gasteiger partial charge in [-0.25, -0.2) is 0 Å².